The van der Waals surface area contributed by atoms with Crippen molar-refractivity contribution in [2.24, 2.45) is 0 Å². The molecule has 0 saturated carbocycles. The Hall–Kier alpha value is -2.10. The third-order valence-corrected chi connectivity index (χ3v) is 4.16. The summed E-state index contributed by atoms with van der Waals surface area (Å²) in [7, 11) is 0. The molecule has 0 N–H and O–H groups in total. The van der Waals surface area contributed by atoms with Crippen molar-refractivity contribution in [2.75, 3.05) is 6.54 Å². The second-order valence-corrected chi connectivity index (χ2v) is 5.58. The van der Waals surface area contributed by atoms with Crippen LogP contribution < -0.4 is 0 Å². The van der Waals surface area contributed by atoms with Gasteiger partial charge in [0.05, 0.1) is 12.3 Å². The van der Waals surface area contributed by atoms with E-state index >= 15 is 0 Å². The van der Waals surface area contributed by atoms with E-state index in [4.69, 9.17) is 4.42 Å². The lowest BCUT2D eigenvalue weighted by atomic mass is 10.0. The van der Waals surface area contributed by atoms with Crippen LogP contribution in [0.2, 0.25) is 0 Å². The summed E-state index contributed by atoms with van der Waals surface area (Å²) < 4.78 is 5.40. The molecule has 1 aliphatic heterocycles. The highest BCUT2D eigenvalue weighted by molar-refractivity contribution is 5.93. The van der Waals surface area contributed by atoms with Crippen LogP contribution in [0.1, 0.15) is 53.4 Å². The van der Waals surface area contributed by atoms with Crippen LogP contribution in [-0.2, 0) is 0 Å². The first-order valence-corrected chi connectivity index (χ1v) is 7.52. The Bertz CT molecular complexity index is 606. The van der Waals surface area contributed by atoms with Gasteiger partial charge in [-0.1, -0.05) is 12.8 Å². The number of carbonyl (C=O) groups excluding carboxylic acids is 1. The van der Waals surface area contributed by atoms with E-state index in [1.807, 2.05) is 30.0 Å². The fraction of sp³-hybridized carbons (Fsp3) is 0.412. The first-order valence-electron chi connectivity index (χ1n) is 7.52. The van der Waals surface area contributed by atoms with Gasteiger partial charge < -0.3 is 9.32 Å². The molecule has 0 aromatic carbocycles. The summed E-state index contributed by atoms with van der Waals surface area (Å²) in [6.07, 6.45) is 9.53. The van der Waals surface area contributed by atoms with Gasteiger partial charge in [0.1, 0.15) is 0 Å². The van der Waals surface area contributed by atoms with Crippen LogP contribution >= 0.6 is 0 Å². The fourth-order valence-electron chi connectivity index (χ4n) is 3.01. The lowest BCUT2D eigenvalue weighted by molar-refractivity contribution is 0.0647. The highest BCUT2D eigenvalue weighted by Crippen LogP contribution is 2.31. The lowest BCUT2D eigenvalue weighted by Crippen LogP contribution is -2.35. The Balaban J connectivity index is 1.92. The second kappa shape index (κ2) is 6.12. The summed E-state index contributed by atoms with van der Waals surface area (Å²) in [5, 5.41) is 0. The molecule has 2 aromatic rings. The summed E-state index contributed by atoms with van der Waals surface area (Å²) in [5.41, 5.74) is 2.06. The molecule has 3 heterocycles. The molecule has 4 heteroatoms. The SMILES string of the molecule is Cc1ccoc1C(=O)N1CCCCC[C@H]1c1ccncc1. The summed E-state index contributed by atoms with van der Waals surface area (Å²) in [5.74, 6) is 0.470. The average molecular weight is 284 g/mol. The van der Waals surface area contributed by atoms with Gasteiger partial charge in [0.25, 0.3) is 5.91 Å². The minimum absolute atomic E-state index is 0.00112. The Morgan fingerprint density at radius 3 is 2.76 bits per heavy atom. The van der Waals surface area contributed by atoms with E-state index in [1.165, 1.54) is 6.42 Å². The first-order chi connectivity index (χ1) is 10.3. The van der Waals surface area contributed by atoms with Crippen molar-refractivity contribution >= 4 is 5.91 Å². The van der Waals surface area contributed by atoms with Gasteiger partial charge in [-0.3, -0.25) is 9.78 Å². The minimum atomic E-state index is 0.00112. The van der Waals surface area contributed by atoms with Crippen molar-refractivity contribution in [1.82, 2.24) is 9.88 Å². The van der Waals surface area contributed by atoms with Crippen LogP contribution in [0.5, 0.6) is 0 Å². The van der Waals surface area contributed by atoms with E-state index in [2.05, 4.69) is 4.98 Å². The monoisotopic (exact) mass is 284 g/mol. The highest BCUT2D eigenvalue weighted by atomic mass is 16.3. The number of amides is 1. The number of furan rings is 1. The minimum Gasteiger partial charge on any atom is -0.459 e. The molecule has 2 aromatic heterocycles. The molecule has 1 fully saturated rings. The van der Waals surface area contributed by atoms with Gasteiger partial charge >= 0.3 is 0 Å². The van der Waals surface area contributed by atoms with Crippen LogP contribution in [0, 0.1) is 6.92 Å². The molecule has 0 radical (unpaired) electrons. The number of aryl methyl sites for hydroxylation is 1. The van der Waals surface area contributed by atoms with Gasteiger partial charge in [-0.05, 0) is 43.5 Å². The van der Waals surface area contributed by atoms with Gasteiger partial charge in [-0.2, -0.15) is 0 Å². The summed E-state index contributed by atoms with van der Waals surface area (Å²) in [4.78, 5) is 18.9. The van der Waals surface area contributed by atoms with E-state index in [0.717, 1.165) is 36.9 Å². The van der Waals surface area contributed by atoms with Gasteiger partial charge in [0, 0.05) is 24.5 Å². The zero-order valence-corrected chi connectivity index (χ0v) is 12.3. The van der Waals surface area contributed by atoms with E-state index < -0.39 is 0 Å². The summed E-state index contributed by atoms with van der Waals surface area (Å²) in [6, 6.07) is 5.97. The summed E-state index contributed by atoms with van der Waals surface area (Å²) in [6.45, 7) is 2.70. The number of rotatable bonds is 2. The molecule has 3 rings (SSSR count). The molecule has 0 spiro atoms. The Morgan fingerprint density at radius 1 is 1.24 bits per heavy atom. The van der Waals surface area contributed by atoms with Crippen LogP contribution in [0.3, 0.4) is 0 Å². The first kappa shape index (κ1) is 13.9. The van der Waals surface area contributed by atoms with E-state index in [1.54, 1.807) is 18.7 Å². The van der Waals surface area contributed by atoms with Crippen molar-refractivity contribution in [3.8, 4) is 0 Å². The van der Waals surface area contributed by atoms with Crippen LogP contribution in [-0.4, -0.2) is 22.3 Å². The van der Waals surface area contributed by atoms with Crippen molar-refractivity contribution < 1.29 is 9.21 Å². The van der Waals surface area contributed by atoms with Crippen molar-refractivity contribution in [3.05, 3.63) is 53.7 Å². The lowest BCUT2D eigenvalue weighted by Gasteiger charge is -2.30. The van der Waals surface area contributed by atoms with Gasteiger partial charge in [0.2, 0.25) is 0 Å². The maximum atomic E-state index is 12.8. The second-order valence-electron chi connectivity index (χ2n) is 5.58. The van der Waals surface area contributed by atoms with E-state index in [0.29, 0.717) is 5.76 Å². The number of pyridine rings is 1. The molecule has 1 amide bonds. The predicted molar refractivity (Wildman–Crippen MR) is 79.9 cm³/mol. The van der Waals surface area contributed by atoms with E-state index in [9.17, 15) is 4.79 Å². The predicted octanol–water partition coefficient (Wildman–Crippen LogP) is 3.74. The van der Waals surface area contributed by atoms with Gasteiger partial charge in [0.15, 0.2) is 5.76 Å². The van der Waals surface area contributed by atoms with Crippen molar-refractivity contribution in [3.63, 3.8) is 0 Å². The molecule has 1 atom stereocenters. The average Bonchev–Trinajstić information content (AvgIpc) is 2.80. The number of hydrogen-bond donors (Lipinski definition) is 0. The maximum Gasteiger partial charge on any atom is 0.290 e. The van der Waals surface area contributed by atoms with E-state index in [-0.39, 0.29) is 11.9 Å². The molecule has 4 nitrogen and oxygen atoms in total. The zero-order chi connectivity index (χ0) is 14.7. The largest absolute Gasteiger partial charge is 0.459 e. The molecule has 21 heavy (non-hydrogen) atoms. The van der Waals surface area contributed by atoms with Crippen LogP contribution in [0.15, 0.2) is 41.3 Å². The number of carbonyl (C=O) groups is 1. The fourth-order valence-corrected chi connectivity index (χ4v) is 3.01. The third-order valence-electron chi connectivity index (χ3n) is 4.16. The molecule has 1 aliphatic rings. The molecule has 0 bridgehead atoms. The Kier molecular flexibility index (Phi) is 4.04. The van der Waals surface area contributed by atoms with Crippen molar-refractivity contribution in [1.29, 1.82) is 0 Å². The number of aromatic nitrogens is 1. The van der Waals surface area contributed by atoms with Gasteiger partial charge in [-0.25, -0.2) is 0 Å². The topological polar surface area (TPSA) is 46.3 Å². The number of hydrogen-bond acceptors (Lipinski definition) is 3. The molecule has 1 saturated heterocycles. The molecular weight excluding hydrogens is 264 g/mol. The van der Waals surface area contributed by atoms with Gasteiger partial charge in [-0.15, -0.1) is 0 Å². The smallest absolute Gasteiger partial charge is 0.290 e. The Labute approximate surface area is 124 Å². The van der Waals surface area contributed by atoms with Crippen LogP contribution in [0.25, 0.3) is 0 Å². The number of likely N-dealkylation sites (tertiary alicyclic amines) is 1. The quantitative estimate of drug-likeness (QED) is 0.844. The molecule has 0 aliphatic carbocycles. The molecule has 0 unspecified atom stereocenters. The molecule has 110 valence electrons. The number of nitrogens with zero attached hydrogens (tertiary/aromatic N) is 2. The molecular formula is C17H20N2O2. The van der Waals surface area contributed by atoms with Crippen molar-refractivity contribution in [2.45, 2.75) is 38.6 Å². The standard InChI is InChI=1S/C17H20N2O2/c1-13-8-12-21-16(13)17(20)19-11-4-2-3-5-15(19)14-6-9-18-10-7-14/h6-10,12,15H,2-5,11H2,1H3/t15-/m0/s1. The third kappa shape index (κ3) is 2.84. The van der Waals surface area contributed by atoms with Crippen LogP contribution in [0.4, 0.5) is 0 Å². The normalized spacial score (nSPS) is 19.3. The highest BCUT2D eigenvalue weighted by Gasteiger charge is 2.29. The maximum absolute atomic E-state index is 12.8. The zero-order valence-electron chi connectivity index (χ0n) is 12.3. The Morgan fingerprint density at radius 2 is 2.05 bits per heavy atom. The summed E-state index contributed by atoms with van der Waals surface area (Å²) >= 11 is 0.